The SMILES string of the molecule is CCC1CN(c2c(Cl)cc(N)cc2C(N)=O)CCS1. The number of nitrogen functional groups attached to an aromatic ring is 1. The van der Waals surface area contributed by atoms with E-state index in [0.29, 0.717) is 21.5 Å². The van der Waals surface area contributed by atoms with Gasteiger partial charge in [0.05, 0.1) is 16.3 Å². The van der Waals surface area contributed by atoms with Crippen LogP contribution in [0.1, 0.15) is 23.7 Å². The molecule has 1 aromatic carbocycles. The van der Waals surface area contributed by atoms with Crippen molar-refractivity contribution >= 4 is 40.6 Å². The first-order valence-corrected chi connectivity index (χ1v) is 7.71. The summed E-state index contributed by atoms with van der Waals surface area (Å²) in [5.41, 5.74) is 12.8. The summed E-state index contributed by atoms with van der Waals surface area (Å²) in [6.07, 6.45) is 1.10. The molecule has 0 aromatic heterocycles. The van der Waals surface area contributed by atoms with Crippen LogP contribution < -0.4 is 16.4 Å². The monoisotopic (exact) mass is 299 g/mol. The standard InChI is InChI=1S/C13H18ClN3OS/c1-2-9-7-17(3-4-19-9)12-10(13(16)18)5-8(15)6-11(12)14/h5-6,9H,2-4,7,15H2,1H3,(H2,16,18). The number of hydrogen-bond donors (Lipinski definition) is 2. The number of amides is 1. The van der Waals surface area contributed by atoms with Gasteiger partial charge in [-0.2, -0.15) is 11.8 Å². The average Bonchev–Trinajstić information content (AvgIpc) is 2.37. The van der Waals surface area contributed by atoms with Crippen LogP contribution in [0.15, 0.2) is 12.1 Å². The highest BCUT2D eigenvalue weighted by atomic mass is 35.5. The minimum absolute atomic E-state index is 0.409. The molecule has 1 amide bonds. The van der Waals surface area contributed by atoms with E-state index < -0.39 is 5.91 Å². The van der Waals surface area contributed by atoms with Gasteiger partial charge in [-0.25, -0.2) is 0 Å². The summed E-state index contributed by atoms with van der Waals surface area (Å²) in [5, 5.41) is 1.05. The van der Waals surface area contributed by atoms with Crippen molar-refractivity contribution in [1.29, 1.82) is 0 Å². The second-order valence-electron chi connectivity index (χ2n) is 4.61. The van der Waals surface area contributed by atoms with Gasteiger partial charge in [0.1, 0.15) is 0 Å². The molecule has 0 aliphatic carbocycles. The minimum Gasteiger partial charge on any atom is -0.399 e. The lowest BCUT2D eigenvalue weighted by Gasteiger charge is -2.35. The number of anilines is 2. The number of benzene rings is 1. The first kappa shape index (κ1) is 14.3. The van der Waals surface area contributed by atoms with Crippen molar-refractivity contribution in [2.75, 3.05) is 29.5 Å². The minimum atomic E-state index is -0.490. The van der Waals surface area contributed by atoms with Crippen molar-refractivity contribution in [2.45, 2.75) is 18.6 Å². The molecule has 0 bridgehead atoms. The predicted molar refractivity (Wildman–Crippen MR) is 83.1 cm³/mol. The molecular formula is C13H18ClN3OS. The Morgan fingerprint density at radius 3 is 2.95 bits per heavy atom. The van der Waals surface area contributed by atoms with E-state index in [4.69, 9.17) is 23.1 Å². The highest BCUT2D eigenvalue weighted by Gasteiger charge is 2.24. The number of thioether (sulfide) groups is 1. The third kappa shape index (κ3) is 3.09. The van der Waals surface area contributed by atoms with Gasteiger partial charge in [0.25, 0.3) is 5.91 Å². The smallest absolute Gasteiger partial charge is 0.250 e. The molecule has 19 heavy (non-hydrogen) atoms. The fourth-order valence-corrected chi connectivity index (χ4v) is 3.83. The van der Waals surface area contributed by atoms with Crippen LogP contribution >= 0.6 is 23.4 Å². The van der Waals surface area contributed by atoms with Crippen molar-refractivity contribution in [2.24, 2.45) is 5.73 Å². The van der Waals surface area contributed by atoms with Gasteiger partial charge >= 0.3 is 0 Å². The molecule has 1 fully saturated rings. The molecule has 6 heteroatoms. The number of carbonyl (C=O) groups excluding carboxylic acids is 1. The van der Waals surface area contributed by atoms with Gasteiger partial charge in [-0.3, -0.25) is 4.79 Å². The van der Waals surface area contributed by atoms with Crippen molar-refractivity contribution in [1.82, 2.24) is 0 Å². The Balaban J connectivity index is 2.40. The second kappa shape index (κ2) is 5.92. The van der Waals surface area contributed by atoms with Gasteiger partial charge in [0, 0.05) is 29.8 Å². The molecule has 2 rings (SSSR count). The van der Waals surface area contributed by atoms with E-state index in [2.05, 4.69) is 11.8 Å². The molecule has 0 saturated carbocycles. The van der Waals surface area contributed by atoms with E-state index >= 15 is 0 Å². The first-order chi connectivity index (χ1) is 9.02. The van der Waals surface area contributed by atoms with Crippen molar-refractivity contribution in [3.8, 4) is 0 Å². The summed E-state index contributed by atoms with van der Waals surface area (Å²) in [7, 11) is 0. The van der Waals surface area contributed by atoms with Crippen LogP contribution in [0.4, 0.5) is 11.4 Å². The molecule has 1 aromatic rings. The van der Waals surface area contributed by atoms with Crippen LogP contribution in [0.2, 0.25) is 5.02 Å². The third-order valence-electron chi connectivity index (χ3n) is 3.26. The maximum absolute atomic E-state index is 11.6. The fraction of sp³-hybridized carbons (Fsp3) is 0.462. The van der Waals surface area contributed by atoms with Crippen molar-refractivity contribution in [3.63, 3.8) is 0 Å². The summed E-state index contributed by atoms with van der Waals surface area (Å²) in [6.45, 7) is 3.91. The lowest BCUT2D eigenvalue weighted by molar-refractivity contribution is 0.100. The Hall–Kier alpha value is -1.07. The largest absolute Gasteiger partial charge is 0.399 e. The van der Waals surface area contributed by atoms with Gasteiger partial charge in [0.15, 0.2) is 0 Å². The molecule has 1 atom stereocenters. The number of hydrogen-bond acceptors (Lipinski definition) is 4. The molecule has 4 nitrogen and oxygen atoms in total. The van der Waals surface area contributed by atoms with Crippen LogP contribution in [0.3, 0.4) is 0 Å². The average molecular weight is 300 g/mol. The van der Waals surface area contributed by atoms with E-state index in [-0.39, 0.29) is 0 Å². The number of rotatable bonds is 3. The quantitative estimate of drug-likeness (QED) is 0.840. The number of carbonyl (C=O) groups is 1. The number of primary amides is 1. The van der Waals surface area contributed by atoms with Gasteiger partial charge in [0.2, 0.25) is 0 Å². The van der Waals surface area contributed by atoms with Crippen LogP contribution in [-0.4, -0.2) is 30.0 Å². The van der Waals surface area contributed by atoms with Crippen LogP contribution in [0.5, 0.6) is 0 Å². The van der Waals surface area contributed by atoms with Crippen molar-refractivity contribution < 1.29 is 4.79 Å². The van der Waals surface area contributed by atoms with Crippen LogP contribution in [0.25, 0.3) is 0 Å². The molecule has 1 aliphatic heterocycles. The van der Waals surface area contributed by atoms with Gasteiger partial charge in [-0.05, 0) is 18.6 Å². The molecule has 1 heterocycles. The lowest BCUT2D eigenvalue weighted by atomic mass is 10.1. The zero-order valence-electron chi connectivity index (χ0n) is 10.9. The third-order valence-corrected chi connectivity index (χ3v) is 4.92. The molecular weight excluding hydrogens is 282 g/mol. The highest BCUT2D eigenvalue weighted by molar-refractivity contribution is 8.00. The Morgan fingerprint density at radius 1 is 1.58 bits per heavy atom. The van der Waals surface area contributed by atoms with Crippen LogP contribution in [0, 0.1) is 0 Å². The summed E-state index contributed by atoms with van der Waals surface area (Å²) < 4.78 is 0. The number of halogens is 1. The van der Waals surface area contributed by atoms with Gasteiger partial charge < -0.3 is 16.4 Å². The first-order valence-electron chi connectivity index (χ1n) is 6.28. The molecule has 104 valence electrons. The molecule has 1 aliphatic rings. The van der Waals surface area contributed by atoms with E-state index in [9.17, 15) is 4.79 Å². The van der Waals surface area contributed by atoms with E-state index in [1.807, 2.05) is 11.8 Å². The predicted octanol–water partition coefficient (Wildman–Crippen LogP) is 2.35. The van der Waals surface area contributed by atoms with Crippen LogP contribution in [-0.2, 0) is 0 Å². The van der Waals surface area contributed by atoms with Crippen molar-refractivity contribution in [3.05, 3.63) is 22.7 Å². The fourth-order valence-electron chi connectivity index (χ4n) is 2.30. The molecule has 1 unspecified atom stereocenters. The summed E-state index contributed by atoms with van der Waals surface area (Å²) >= 11 is 8.23. The lowest BCUT2D eigenvalue weighted by Crippen LogP contribution is -2.39. The summed E-state index contributed by atoms with van der Waals surface area (Å²) in [4.78, 5) is 13.7. The maximum atomic E-state index is 11.6. The second-order valence-corrected chi connectivity index (χ2v) is 6.43. The van der Waals surface area contributed by atoms with E-state index in [1.54, 1.807) is 12.1 Å². The summed E-state index contributed by atoms with van der Waals surface area (Å²) in [6, 6.07) is 3.28. The Labute approximate surface area is 122 Å². The Bertz CT molecular complexity index is 495. The topological polar surface area (TPSA) is 72.3 Å². The zero-order valence-corrected chi connectivity index (χ0v) is 12.4. The van der Waals surface area contributed by atoms with Gasteiger partial charge in [-0.1, -0.05) is 18.5 Å². The Kier molecular flexibility index (Phi) is 4.47. The van der Waals surface area contributed by atoms with E-state index in [1.165, 1.54) is 0 Å². The molecule has 0 radical (unpaired) electrons. The summed E-state index contributed by atoms with van der Waals surface area (Å²) in [5.74, 6) is 0.535. The molecule has 1 saturated heterocycles. The molecule has 4 N–H and O–H groups in total. The highest BCUT2D eigenvalue weighted by Crippen LogP contribution is 2.35. The van der Waals surface area contributed by atoms with E-state index in [0.717, 1.165) is 31.0 Å². The number of nitrogens with two attached hydrogens (primary N) is 2. The van der Waals surface area contributed by atoms with Gasteiger partial charge in [-0.15, -0.1) is 0 Å². The number of nitrogens with zero attached hydrogens (tertiary/aromatic N) is 1. The Morgan fingerprint density at radius 2 is 2.32 bits per heavy atom. The molecule has 0 spiro atoms. The normalized spacial score (nSPS) is 19.5. The zero-order chi connectivity index (χ0) is 14.0. The maximum Gasteiger partial charge on any atom is 0.250 e.